The molecule has 0 aliphatic rings. The minimum absolute atomic E-state index is 0.0220. The molecule has 0 saturated carbocycles. The van der Waals surface area contributed by atoms with E-state index in [0.717, 1.165) is 0 Å². The van der Waals surface area contributed by atoms with E-state index in [-0.39, 0.29) is 11.7 Å². The zero-order valence-electron chi connectivity index (χ0n) is 10.4. The van der Waals surface area contributed by atoms with Gasteiger partial charge in [-0.05, 0) is 18.2 Å². The highest BCUT2D eigenvalue weighted by Gasteiger charge is 2.23. The number of halogens is 1. The molecule has 0 saturated heterocycles. The first-order valence-corrected chi connectivity index (χ1v) is 5.71. The first kappa shape index (κ1) is 13.7. The van der Waals surface area contributed by atoms with E-state index in [2.05, 4.69) is 5.32 Å². The third-order valence-corrected chi connectivity index (χ3v) is 2.54. The van der Waals surface area contributed by atoms with E-state index in [4.69, 9.17) is 11.6 Å². The van der Waals surface area contributed by atoms with Crippen LogP contribution in [0.15, 0.2) is 18.2 Å². The van der Waals surface area contributed by atoms with E-state index in [9.17, 15) is 9.59 Å². The van der Waals surface area contributed by atoms with Crippen LogP contribution in [0.1, 0.15) is 38.1 Å². The summed E-state index contributed by atoms with van der Waals surface area (Å²) >= 11 is 6.00. The van der Waals surface area contributed by atoms with Gasteiger partial charge >= 0.3 is 0 Å². The Balaban J connectivity index is 3.05. The van der Waals surface area contributed by atoms with Crippen molar-refractivity contribution in [3.63, 3.8) is 0 Å². The summed E-state index contributed by atoms with van der Waals surface area (Å²) in [5.41, 5.74) is 0.625. The number of anilines is 1. The van der Waals surface area contributed by atoms with E-state index in [0.29, 0.717) is 16.3 Å². The number of Topliss-reactive ketones (excluding diaryl/α,β-unsaturated/α-hetero) is 1. The molecule has 1 rings (SSSR count). The smallest absolute Gasteiger partial charge is 0.221 e. The minimum atomic E-state index is -0.446. The highest BCUT2D eigenvalue weighted by molar-refractivity contribution is 6.34. The number of carbonyl (C=O) groups excluding carboxylic acids is 2. The number of hydrogen-bond donors (Lipinski definition) is 1. The van der Waals surface area contributed by atoms with Crippen molar-refractivity contribution in [3.8, 4) is 0 Å². The quantitative estimate of drug-likeness (QED) is 0.820. The van der Waals surface area contributed by atoms with Gasteiger partial charge in [0.15, 0.2) is 5.78 Å². The van der Waals surface area contributed by atoms with Gasteiger partial charge in [-0.15, -0.1) is 0 Å². The molecule has 3 nitrogen and oxygen atoms in total. The maximum absolute atomic E-state index is 12.0. The fraction of sp³-hybridized carbons (Fsp3) is 0.385. The molecule has 4 heteroatoms. The molecule has 0 aliphatic carbocycles. The number of carbonyl (C=O) groups is 2. The summed E-state index contributed by atoms with van der Waals surface area (Å²) in [6.07, 6.45) is 0. The van der Waals surface area contributed by atoms with Crippen molar-refractivity contribution < 1.29 is 9.59 Å². The molecule has 0 bridgehead atoms. The van der Waals surface area contributed by atoms with Gasteiger partial charge in [0.1, 0.15) is 0 Å². The van der Waals surface area contributed by atoms with Crippen LogP contribution >= 0.6 is 11.6 Å². The van der Waals surface area contributed by atoms with Gasteiger partial charge in [-0.1, -0.05) is 32.4 Å². The van der Waals surface area contributed by atoms with Crippen LogP contribution < -0.4 is 5.32 Å². The molecular weight excluding hydrogens is 238 g/mol. The molecule has 1 aromatic carbocycles. The normalized spacial score (nSPS) is 11.1. The second-order valence-electron chi connectivity index (χ2n) is 4.95. The topological polar surface area (TPSA) is 46.2 Å². The van der Waals surface area contributed by atoms with Crippen LogP contribution in [0.4, 0.5) is 5.69 Å². The van der Waals surface area contributed by atoms with Gasteiger partial charge in [0, 0.05) is 17.9 Å². The summed E-state index contributed by atoms with van der Waals surface area (Å²) in [4.78, 5) is 22.9. The van der Waals surface area contributed by atoms with Crippen molar-refractivity contribution in [2.75, 3.05) is 5.32 Å². The van der Waals surface area contributed by atoms with Gasteiger partial charge < -0.3 is 5.32 Å². The van der Waals surface area contributed by atoms with Crippen LogP contribution in [-0.2, 0) is 4.79 Å². The molecular formula is C13H16ClNO2. The van der Waals surface area contributed by atoms with Gasteiger partial charge in [0.2, 0.25) is 5.91 Å². The van der Waals surface area contributed by atoms with Gasteiger partial charge in [0.05, 0.1) is 10.7 Å². The SMILES string of the molecule is CC(=O)Nc1ccc(C(=O)C(C)(C)C)cc1Cl. The van der Waals surface area contributed by atoms with E-state index < -0.39 is 5.41 Å². The second kappa shape index (κ2) is 4.88. The molecule has 0 radical (unpaired) electrons. The number of benzene rings is 1. The molecule has 1 amide bonds. The van der Waals surface area contributed by atoms with Crippen LogP contribution in [0.2, 0.25) is 5.02 Å². The summed E-state index contributed by atoms with van der Waals surface area (Å²) in [6, 6.07) is 4.90. The molecule has 0 heterocycles. The first-order valence-electron chi connectivity index (χ1n) is 5.34. The number of amides is 1. The zero-order valence-corrected chi connectivity index (χ0v) is 11.2. The van der Waals surface area contributed by atoms with Crippen molar-refractivity contribution in [1.29, 1.82) is 0 Å². The molecule has 92 valence electrons. The maximum Gasteiger partial charge on any atom is 0.221 e. The fourth-order valence-corrected chi connectivity index (χ4v) is 1.61. The summed E-state index contributed by atoms with van der Waals surface area (Å²) in [5.74, 6) is -0.171. The third-order valence-electron chi connectivity index (χ3n) is 2.22. The van der Waals surface area contributed by atoms with E-state index in [1.807, 2.05) is 20.8 Å². The van der Waals surface area contributed by atoms with Gasteiger partial charge in [-0.25, -0.2) is 0 Å². The molecule has 0 spiro atoms. The van der Waals surface area contributed by atoms with E-state index in [1.54, 1.807) is 18.2 Å². The molecule has 0 atom stereocenters. The summed E-state index contributed by atoms with van der Waals surface area (Å²) in [7, 11) is 0. The predicted molar refractivity (Wildman–Crippen MR) is 69.5 cm³/mol. The third kappa shape index (κ3) is 3.56. The summed E-state index contributed by atoms with van der Waals surface area (Å²) < 4.78 is 0. The molecule has 0 fully saturated rings. The minimum Gasteiger partial charge on any atom is -0.325 e. The van der Waals surface area contributed by atoms with Crippen LogP contribution in [0.25, 0.3) is 0 Å². The van der Waals surface area contributed by atoms with Gasteiger partial charge in [-0.2, -0.15) is 0 Å². The molecule has 0 aromatic heterocycles. The lowest BCUT2D eigenvalue weighted by atomic mass is 9.86. The Kier molecular flexibility index (Phi) is 3.94. The Morgan fingerprint density at radius 2 is 1.82 bits per heavy atom. The lowest BCUT2D eigenvalue weighted by molar-refractivity contribution is -0.114. The van der Waals surface area contributed by atoms with Crippen molar-refractivity contribution in [3.05, 3.63) is 28.8 Å². The number of nitrogens with one attached hydrogen (secondary N) is 1. The number of hydrogen-bond acceptors (Lipinski definition) is 2. The lowest BCUT2D eigenvalue weighted by Gasteiger charge is -2.17. The Morgan fingerprint density at radius 1 is 1.24 bits per heavy atom. The van der Waals surface area contributed by atoms with Gasteiger partial charge in [-0.3, -0.25) is 9.59 Å². The molecule has 1 aromatic rings. The fourth-order valence-electron chi connectivity index (χ4n) is 1.38. The predicted octanol–water partition coefficient (Wildman–Crippen LogP) is 3.53. The van der Waals surface area contributed by atoms with Crippen molar-refractivity contribution in [1.82, 2.24) is 0 Å². The van der Waals surface area contributed by atoms with Crippen molar-refractivity contribution >= 4 is 29.0 Å². The monoisotopic (exact) mass is 253 g/mol. The maximum atomic E-state index is 12.0. The van der Waals surface area contributed by atoms with Crippen LogP contribution in [0, 0.1) is 5.41 Å². The lowest BCUT2D eigenvalue weighted by Crippen LogP contribution is -2.20. The molecule has 0 unspecified atom stereocenters. The number of rotatable bonds is 2. The van der Waals surface area contributed by atoms with Crippen LogP contribution in [0.5, 0.6) is 0 Å². The molecule has 0 aliphatic heterocycles. The van der Waals surface area contributed by atoms with E-state index in [1.165, 1.54) is 6.92 Å². The Labute approximate surface area is 106 Å². The average Bonchev–Trinajstić information content (AvgIpc) is 2.18. The summed E-state index contributed by atoms with van der Waals surface area (Å²) in [6.45, 7) is 6.96. The summed E-state index contributed by atoms with van der Waals surface area (Å²) in [5, 5.41) is 2.97. The Bertz CT molecular complexity index is 461. The standard InChI is InChI=1S/C13H16ClNO2/c1-8(16)15-11-6-5-9(7-10(11)14)12(17)13(2,3)4/h5-7H,1-4H3,(H,15,16). The van der Waals surface area contributed by atoms with Crippen molar-refractivity contribution in [2.45, 2.75) is 27.7 Å². The highest BCUT2D eigenvalue weighted by Crippen LogP contribution is 2.27. The van der Waals surface area contributed by atoms with Crippen LogP contribution in [0.3, 0.4) is 0 Å². The Morgan fingerprint density at radius 3 is 2.24 bits per heavy atom. The Hall–Kier alpha value is -1.35. The average molecular weight is 254 g/mol. The zero-order chi connectivity index (χ0) is 13.2. The van der Waals surface area contributed by atoms with Crippen LogP contribution in [-0.4, -0.2) is 11.7 Å². The second-order valence-corrected chi connectivity index (χ2v) is 5.36. The van der Waals surface area contributed by atoms with Gasteiger partial charge in [0.25, 0.3) is 0 Å². The molecule has 1 N–H and O–H groups in total. The molecule has 17 heavy (non-hydrogen) atoms. The van der Waals surface area contributed by atoms with E-state index >= 15 is 0 Å². The van der Waals surface area contributed by atoms with Crippen molar-refractivity contribution in [2.24, 2.45) is 5.41 Å². The number of ketones is 1. The first-order chi connectivity index (χ1) is 7.71. The largest absolute Gasteiger partial charge is 0.325 e. The highest BCUT2D eigenvalue weighted by atomic mass is 35.5.